The minimum Gasteiger partial charge on any atom is -0.266 e. The second-order valence-corrected chi connectivity index (χ2v) is 6.87. The summed E-state index contributed by atoms with van der Waals surface area (Å²) in [4.78, 5) is 16.4. The fourth-order valence-electron chi connectivity index (χ4n) is 1.41. The Morgan fingerprint density at radius 1 is 1.37 bits per heavy atom. The third-order valence-corrected chi connectivity index (χ3v) is 4.13. The summed E-state index contributed by atoms with van der Waals surface area (Å²) in [6.45, 7) is 6.58. The number of thiazole rings is 1. The molecule has 2 aromatic rings. The molecule has 2 rings (SSSR count). The van der Waals surface area contributed by atoms with Crippen LogP contribution in [-0.2, 0) is 12.0 Å². The van der Waals surface area contributed by atoms with Gasteiger partial charge in [0.15, 0.2) is 0 Å². The van der Waals surface area contributed by atoms with Crippen LogP contribution in [0, 0.1) is 0 Å². The van der Waals surface area contributed by atoms with Crippen LogP contribution < -0.4 is 5.56 Å². The van der Waals surface area contributed by atoms with Crippen molar-refractivity contribution in [1.82, 2.24) is 14.8 Å². The van der Waals surface area contributed by atoms with Crippen molar-refractivity contribution in [1.29, 1.82) is 0 Å². The van der Waals surface area contributed by atoms with Crippen molar-refractivity contribution in [3.05, 3.63) is 42.7 Å². The van der Waals surface area contributed by atoms with E-state index < -0.39 is 5.56 Å². The molecule has 0 amide bonds. The fraction of sp³-hybridized carbons (Fsp3) is 0.417. The molecule has 0 aliphatic heterocycles. The molecule has 0 fully saturated rings. The van der Waals surface area contributed by atoms with Crippen molar-refractivity contribution < 1.29 is 0 Å². The van der Waals surface area contributed by atoms with Gasteiger partial charge in [0.2, 0.25) is 0 Å². The Bertz CT molecular complexity index is 658. The number of hydrogen-bond donors (Lipinski definition) is 0. The SMILES string of the molecule is CC(C)(C)c1csc(Cn2ncc(Cl)c(Cl)c2=O)n1. The van der Waals surface area contributed by atoms with Gasteiger partial charge in [0.1, 0.15) is 10.0 Å². The van der Waals surface area contributed by atoms with Gasteiger partial charge in [-0.1, -0.05) is 44.0 Å². The van der Waals surface area contributed by atoms with Gasteiger partial charge in [0.25, 0.3) is 5.56 Å². The van der Waals surface area contributed by atoms with E-state index in [0.717, 1.165) is 10.7 Å². The van der Waals surface area contributed by atoms with Gasteiger partial charge >= 0.3 is 0 Å². The number of rotatable bonds is 2. The molecular weight excluding hydrogens is 305 g/mol. The highest BCUT2D eigenvalue weighted by Gasteiger charge is 2.18. The summed E-state index contributed by atoms with van der Waals surface area (Å²) in [5.41, 5.74) is 0.590. The Hall–Kier alpha value is -0.910. The van der Waals surface area contributed by atoms with Gasteiger partial charge in [0.05, 0.1) is 23.5 Å². The summed E-state index contributed by atoms with van der Waals surface area (Å²) in [6, 6.07) is 0. The molecule has 2 heterocycles. The summed E-state index contributed by atoms with van der Waals surface area (Å²) in [5, 5.41) is 6.93. The van der Waals surface area contributed by atoms with Crippen molar-refractivity contribution >= 4 is 34.5 Å². The van der Waals surface area contributed by atoms with E-state index in [4.69, 9.17) is 23.2 Å². The van der Waals surface area contributed by atoms with Gasteiger partial charge in [-0.25, -0.2) is 9.67 Å². The van der Waals surface area contributed by atoms with Crippen molar-refractivity contribution in [2.24, 2.45) is 0 Å². The van der Waals surface area contributed by atoms with Gasteiger partial charge in [-0.2, -0.15) is 5.10 Å². The van der Waals surface area contributed by atoms with Crippen molar-refractivity contribution in [3.63, 3.8) is 0 Å². The fourth-order valence-corrected chi connectivity index (χ4v) is 2.69. The van der Waals surface area contributed by atoms with Crippen LogP contribution in [0.25, 0.3) is 0 Å². The number of hydrogen-bond acceptors (Lipinski definition) is 4. The molecule has 19 heavy (non-hydrogen) atoms. The Morgan fingerprint density at radius 2 is 2.05 bits per heavy atom. The third-order valence-electron chi connectivity index (χ3n) is 2.55. The molecule has 4 nitrogen and oxygen atoms in total. The van der Waals surface area contributed by atoms with Crippen LogP contribution in [0.1, 0.15) is 31.5 Å². The van der Waals surface area contributed by atoms with Crippen molar-refractivity contribution in [3.8, 4) is 0 Å². The third kappa shape index (κ3) is 3.16. The standard InChI is InChI=1S/C12H13Cl2N3OS/c1-12(2,3)8-6-19-9(16-8)5-17-11(18)10(14)7(13)4-15-17/h4,6H,5H2,1-3H3. The minimum atomic E-state index is -0.401. The first-order valence-electron chi connectivity index (χ1n) is 5.65. The summed E-state index contributed by atoms with van der Waals surface area (Å²) in [6.07, 6.45) is 1.36. The molecule has 0 N–H and O–H groups in total. The van der Waals surface area contributed by atoms with Crippen LogP contribution in [0.5, 0.6) is 0 Å². The molecule has 2 aromatic heterocycles. The first-order valence-corrected chi connectivity index (χ1v) is 7.28. The lowest BCUT2D eigenvalue weighted by atomic mass is 9.93. The van der Waals surface area contributed by atoms with Crippen LogP contribution in [0.15, 0.2) is 16.4 Å². The van der Waals surface area contributed by atoms with Crippen LogP contribution in [0.3, 0.4) is 0 Å². The molecule has 0 radical (unpaired) electrons. The zero-order chi connectivity index (χ0) is 14.2. The van der Waals surface area contributed by atoms with Gasteiger partial charge in [-0.15, -0.1) is 11.3 Å². The van der Waals surface area contributed by atoms with Gasteiger partial charge < -0.3 is 0 Å². The molecule has 102 valence electrons. The zero-order valence-electron chi connectivity index (χ0n) is 10.8. The molecule has 0 saturated carbocycles. The van der Waals surface area contributed by atoms with E-state index in [2.05, 4.69) is 30.9 Å². The number of aromatic nitrogens is 3. The Kier molecular flexibility index (Phi) is 3.99. The normalized spacial score (nSPS) is 11.8. The quantitative estimate of drug-likeness (QED) is 0.853. The molecule has 0 aliphatic rings. The first-order chi connectivity index (χ1) is 8.79. The number of nitrogens with zero attached hydrogens (tertiary/aromatic N) is 3. The lowest BCUT2D eigenvalue weighted by Crippen LogP contribution is -2.23. The van der Waals surface area contributed by atoms with Crippen LogP contribution in [0.4, 0.5) is 0 Å². The van der Waals surface area contributed by atoms with E-state index in [0.29, 0.717) is 6.54 Å². The van der Waals surface area contributed by atoms with E-state index in [9.17, 15) is 4.79 Å². The van der Waals surface area contributed by atoms with Crippen molar-refractivity contribution in [2.75, 3.05) is 0 Å². The van der Waals surface area contributed by atoms with Crippen molar-refractivity contribution in [2.45, 2.75) is 32.7 Å². The predicted octanol–water partition coefficient (Wildman–Crippen LogP) is 3.35. The average Bonchev–Trinajstić information content (AvgIpc) is 2.78. The zero-order valence-corrected chi connectivity index (χ0v) is 13.1. The summed E-state index contributed by atoms with van der Waals surface area (Å²) in [5.74, 6) is 0. The molecule has 0 spiro atoms. The molecular formula is C12H13Cl2N3OS. The van der Waals surface area contributed by atoms with Crippen LogP contribution >= 0.6 is 34.5 Å². The monoisotopic (exact) mass is 317 g/mol. The molecule has 0 unspecified atom stereocenters. The van der Waals surface area contributed by atoms with Gasteiger partial charge in [-0.05, 0) is 0 Å². The van der Waals surface area contributed by atoms with Crippen LogP contribution in [0.2, 0.25) is 10.0 Å². The number of halogens is 2. The average molecular weight is 318 g/mol. The van der Waals surface area contributed by atoms with E-state index in [1.165, 1.54) is 22.2 Å². The predicted molar refractivity (Wildman–Crippen MR) is 78.4 cm³/mol. The first kappa shape index (κ1) is 14.5. The maximum Gasteiger partial charge on any atom is 0.287 e. The Morgan fingerprint density at radius 3 is 2.63 bits per heavy atom. The Labute approximate surface area is 125 Å². The molecule has 0 aromatic carbocycles. The second kappa shape index (κ2) is 5.23. The summed E-state index contributed by atoms with van der Waals surface area (Å²) >= 11 is 13.0. The maximum atomic E-state index is 11.9. The summed E-state index contributed by atoms with van der Waals surface area (Å²) < 4.78 is 1.26. The van der Waals surface area contributed by atoms with Crippen LogP contribution in [-0.4, -0.2) is 14.8 Å². The molecule has 7 heteroatoms. The Balaban J connectivity index is 2.30. The van der Waals surface area contributed by atoms with E-state index >= 15 is 0 Å². The molecule has 0 saturated heterocycles. The van der Waals surface area contributed by atoms with E-state index in [1.54, 1.807) is 0 Å². The van der Waals surface area contributed by atoms with Gasteiger partial charge in [-0.3, -0.25) is 4.79 Å². The minimum absolute atomic E-state index is 0.00915. The lowest BCUT2D eigenvalue weighted by molar-refractivity contribution is 0.565. The topological polar surface area (TPSA) is 47.8 Å². The highest BCUT2D eigenvalue weighted by atomic mass is 35.5. The molecule has 0 aliphatic carbocycles. The highest BCUT2D eigenvalue weighted by molar-refractivity contribution is 7.09. The highest BCUT2D eigenvalue weighted by Crippen LogP contribution is 2.24. The van der Waals surface area contributed by atoms with Gasteiger partial charge in [0, 0.05) is 10.8 Å². The largest absolute Gasteiger partial charge is 0.287 e. The van der Waals surface area contributed by atoms with E-state index in [-0.39, 0.29) is 15.5 Å². The second-order valence-electron chi connectivity index (χ2n) is 5.15. The maximum absolute atomic E-state index is 11.9. The molecule has 0 atom stereocenters. The smallest absolute Gasteiger partial charge is 0.266 e. The lowest BCUT2D eigenvalue weighted by Gasteiger charge is -2.14. The summed E-state index contributed by atoms with van der Waals surface area (Å²) in [7, 11) is 0. The molecule has 0 bridgehead atoms. The van der Waals surface area contributed by atoms with E-state index in [1.807, 2.05) is 5.38 Å².